The molecule has 0 spiro atoms. The van der Waals surface area contributed by atoms with Crippen LogP contribution >= 0.6 is 0 Å². The maximum Gasteiger partial charge on any atom is 0.338 e. The Bertz CT molecular complexity index is 1410. The van der Waals surface area contributed by atoms with Crippen molar-refractivity contribution in [1.82, 2.24) is 0 Å². The Hall–Kier alpha value is -3.31. The molecule has 2 bridgehead atoms. The summed E-state index contributed by atoms with van der Waals surface area (Å²) in [6, 6.07) is 8.49. The van der Waals surface area contributed by atoms with Crippen LogP contribution in [0.2, 0.25) is 0 Å². The van der Waals surface area contributed by atoms with E-state index in [2.05, 4.69) is 0 Å². The van der Waals surface area contributed by atoms with E-state index in [1.165, 1.54) is 20.8 Å². The normalized spacial score (nSPS) is 44.8. The number of hydrogen-bond donors (Lipinski definition) is 1. The van der Waals surface area contributed by atoms with Crippen LogP contribution in [0, 0.1) is 40.4 Å². The van der Waals surface area contributed by atoms with Gasteiger partial charge in [0.15, 0.2) is 5.78 Å². The van der Waals surface area contributed by atoms with Crippen molar-refractivity contribution < 1.29 is 52.8 Å². The first-order valence-electron chi connectivity index (χ1n) is 15.3. The summed E-state index contributed by atoms with van der Waals surface area (Å²) in [7, 11) is 0. The third-order valence-corrected chi connectivity index (χ3v) is 11.4. The van der Waals surface area contributed by atoms with Crippen molar-refractivity contribution in [2.75, 3.05) is 13.2 Å². The molecule has 12 atom stereocenters. The van der Waals surface area contributed by atoms with Crippen LogP contribution in [0.5, 0.6) is 0 Å². The van der Waals surface area contributed by atoms with Gasteiger partial charge >= 0.3 is 23.9 Å². The molecular weight excluding hydrogens is 572 g/mol. The van der Waals surface area contributed by atoms with Crippen LogP contribution in [0.25, 0.3) is 0 Å². The van der Waals surface area contributed by atoms with Gasteiger partial charge in [0.25, 0.3) is 0 Å². The fourth-order valence-electron chi connectivity index (χ4n) is 9.70. The Kier molecular flexibility index (Phi) is 7.05. The molecule has 1 heterocycles. The highest BCUT2D eigenvalue weighted by atomic mass is 16.6. The predicted octanol–water partition coefficient (Wildman–Crippen LogP) is 2.66. The van der Waals surface area contributed by atoms with Gasteiger partial charge < -0.3 is 28.8 Å². The topological polar surface area (TPSA) is 152 Å². The summed E-state index contributed by atoms with van der Waals surface area (Å²) in [6.07, 6.45) is -2.82. The van der Waals surface area contributed by atoms with E-state index in [-0.39, 0.29) is 31.5 Å². The first-order chi connectivity index (χ1) is 20.6. The van der Waals surface area contributed by atoms with Gasteiger partial charge in [-0.2, -0.15) is 0 Å². The van der Waals surface area contributed by atoms with Crippen molar-refractivity contribution in [2.45, 2.75) is 83.9 Å². The van der Waals surface area contributed by atoms with Crippen LogP contribution in [-0.4, -0.2) is 77.5 Å². The third kappa shape index (κ3) is 4.18. The average Bonchev–Trinajstić information content (AvgIpc) is 3.26. The number of carbonyl (C=O) groups is 5. The Balaban J connectivity index is 1.56. The van der Waals surface area contributed by atoms with Crippen molar-refractivity contribution in [3.8, 4) is 0 Å². The molecule has 44 heavy (non-hydrogen) atoms. The summed E-state index contributed by atoms with van der Waals surface area (Å²) < 4.78 is 30.2. The Morgan fingerprint density at radius 2 is 1.61 bits per heavy atom. The first kappa shape index (κ1) is 30.7. The van der Waals surface area contributed by atoms with E-state index < -0.39 is 87.8 Å². The molecule has 5 aliphatic rings. The number of fused-ring (bicyclic) bond motifs is 2. The molecule has 11 nitrogen and oxygen atoms in total. The smallest absolute Gasteiger partial charge is 0.338 e. The second kappa shape index (κ2) is 10.1. The molecule has 1 aliphatic heterocycles. The van der Waals surface area contributed by atoms with Crippen molar-refractivity contribution in [3.05, 3.63) is 35.9 Å². The van der Waals surface area contributed by atoms with Crippen molar-refractivity contribution in [2.24, 2.45) is 40.4 Å². The zero-order valence-electron chi connectivity index (χ0n) is 25.9. The molecule has 1 aromatic rings. The summed E-state index contributed by atoms with van der Waals surface area (Å²) in [5.74, 6) is -5.55. The number of ether oxygens (including phenoxy) is 5. The van der Waals surface area contributed by atoms with Gasteiger partial charge in [-0.3, -0.25) is 19.2 Å². The standard InChI is InChI=1S/C33H40O11/c1-16-13-33(39)24(25(16)42-18(3)35)27(43-19(4)36)32-15-41-31(6,29(33)38)26(32)23-21(30(23,5)14-40-17(2)34)12-22(32)44-28(37)20-10-8-7-9-11-20/h7-11,16,21-27,39H,12-15H2,1-6H3/t16-,21-,22+,23-,24+,25-,26-,27+,30+,31+,32+,33+/m0/s1. The molecule has 0 radical (unpaired) electrons. The number of benzene rings is 1. The monoisotopic (exact) mass is 612 g/mol. The number of esters is 4. The van der Waals surface area contributed by atoms with Crippen LogP contribution < -0.4 is 0 Å². The van der Waals surface area contributed by atoms with E-state index in [4.69, 9.17) is 23.7 Å². The highest BCUT2D eigenvalue weighted by Crippen LogP contribution is 2.78. The molecule has 1 saturated heterocycles. The average molecular weight is 613 g/mol. The SMILES string of the molecule is CC(=O)OC[C@@]1(C)[C@@H]2[C@@H]3[C@@]4(CO[C@@]3(C)C(=O)[C@@]3(O)C[C@H](C)[C@H](OC(C)=O)[C@@H]3[C@H]4OC(C)=O)[C@H](OC(=O)c3ccccc3)C[C@@H]21. The molecule has 5 fully saturated rings. The molecule has 238 valence electrons. The molecule has 0 aromatic heterocycles. The van der Waals surface area contributed by atoms with Gasteiger partial charge in [-0.1, -0.05) is 32.0 Å². The lowest BCUT2D eigenvalue weighted by atomic mass is 9.57. The minimum Gasteiger partial charge on any atom is -0.465 e. The quantitative estimate of drug-likeness (QED) is 0.373. The zero-order valence-corrected chi connectivity index (χ0v) is 25.9. The van der Waals surface area contributed by atoms with Crippen LogP contribution in [0.1, 0.15) is 64.7 Å². The molecule has 4 saturated carbocycles. The van der Waals surface area contributed by atoms with Crippen LogP contribution in [0.15, 0.2) is 30.3 Å². The molecular formula is C33H40O11. The van der Waals surface area contributed by atoms with Gasteiger partial charge in [-0.15, -0.1) is 0 Å². The van der Waals surface area contributed by atoms with Gasteiger partial charge in [0.1, 0.15) is 29.5 Å². The van der Waals surface area contributed by atoms with E-state index in [0.717, 1.165) is 0 Å². The van der Waals surface area contributed by atoms with E-state index in [9.17, 15) is 29.1 Å². The Morgan fingerprint density at radius 1 is 0.955 bits per heavy atom. The lowest BCUT2D eigenvalue weighted by Gasteiger charge is -2.50. The predicted molar refractivity (Wildman–Crippen MR) is 151 cm³/mol. The maximum absolute atomic E-state index is 14.7. The summed E-state index contributed by atoms with van der Waals surface area (Å²) in [5.41, 5.74) is -5.21. The van der Waals surface area contributed by atoms with E-state index in [1.807, 2.05) is 6.92 Å². The van der Waals surface area contributed by atoms with Crippen molar-refractivity contribution in [1.29, 1.82) is 0 Å². The Labute approximate surface area is 255 Å². The van der Waals surface area contributed by atoms with Gasteiger partial charge in [0.2, 0.25) is 0 Å². The number of rotatable bonds is 6. The first-order valence-corrected chi connectivity index (χ1v) is 15.3. The number of hydrogen-bond acceptors (Lipinski definition) is 11. The van der Waals surface area contributed by atoms with Gasteiger partial charge in [-0.25, -0.2) is 4.79 Å². The van der Waals surface area contributed by atoms with Gasteiger partial charge in [-0.05, 0) is 49.7 Å². The highest BCUT2D eigenvalue weighted by molar-refractivity contribution is 5.97. The molecule has 1 aromatic carbocycles. The molecule has 0 amide bonds. The third-order valence-electron chi connectivity index (χ3n) is 11.4. The van der Waals surface area contributed by atoms with E-state index in [1.54, 1.807) is 44.2 Å². The van der Waals surface area contributed by atoms with E-state index >= 15 is 0 Å². The summed E-state index contributed by atoms with van der Waals surface area (Å²) >= 11 is 0. The molecule has 6 rings (SSSR count). The molecule has 11 heteroatoms. The van der Waals surface area contributed by atoms with E-state index in [0.29, 0.717) is 12.0 Å². The number of Topliss-reactive ketones (excluding diaryl/α,β-unsaturated/α-hetero) is 1. The lowest BCUT2D eigenvalue weighted by Crippen LogP contribution is -2.62. The molecule has 4 aliphatic carbocycles. The zero-order chi connectivity index (χ0) is 32.0. The second-order valence-corrected chi connectivity index (χ2v) is 14.0. The highest BCUT2D eigenvalue weighted by Gasteiger charge is 2.86. The fraction of sp³-hybridized carbons (Fsp3) is 0.667. The van der Waals surface area contributed by atoms with Crippen molar-refractivity contribution in [3.63, 3.8) is 0 Å². The van der Waals surface area contributed by atoms with Crippen molar-refractivity contribution >= 4 is 29.7 Å². The summed E-state index contributed by atoms with van der Waals surface area (Å²) in [5, 5.41) is 12.4. The fourth-order valence-corrected chi connectivity index (χ4v) is 9.70. The van der Waals surface area contributed by atoms with Crippen LogP contribution in [0.4, 0.5) is 0 Å². The van der Waals surface area contributed by atoms with Gasteiger partial charge in [0.05, 0.1) is 30.1 Å². The minimum atomic E-state index is -2.07. The van der Waals surface area contributed by atoms with Gasteiger partial charge in [0, 0.05) is 32.1 Å². The molecule has 0 unspecified atom stereocenters. The summed E-state index contributed by atoms with van der Waals surface area (Å²) in [4.78, 5) is 65.5. The van der Waals surface area contributed by atoms with Crippen LogP contribution in [-0.2, 0) is 42.9 Å². The number of carbonyl (C=O) groups excluding carboxylic acids is 5. The second-order valence-electron chi connectivity index (χ2n) is 14.0. The van der Waals surface area contributed by atoms with Crippen LogP contribution in [0.3, 0.4) is 0 Å². The summed E-state index contributed by atoms with van der Waals surface area (Å²) in [6.45, 7) is 9.19. The molecule has 1 N–H and O–H groups in total. The maximum atomic E-state index is 14.7. The lowest BCUT2D eigenvalue weighted by molar-refractivity contribution is -0.206. The number of aliphatic hydroxyl groups is 1. The Morgan fingerprint density at radius 3 is 2.23 bits per heavy atom. The largest absolute Gasteiger partial charge is 0.465 e. The number of ketones is 1. The minimum absolute atomic E-state index is 0.0404.